The van der Waals surface area contributed by atoms with Crippen molar-refractivity contribution in [2.24, 2.45) is 11.8 Å². The third kappa shape index (κ3) is 1.63. The molecule has 2 aliphatic rings. The number of ether oxygens (including phenoxy) is 1. The summed E-state index contributed by atoms with van der Waals surface area (Å²) in [7, 11) is 0. The average molecular weight is 172 g/mol. The van der Waals surface area contributed by atoms with Crippen molar-refractivity contribution in [2.75, 3.05) is 6.61 Å². The van der Waals surface area contributed by atoms with Crippen LogP contribution in [0.25, 0.3) is 0 Å². The topological polar surface area (TPSA) is 9.23 Å². The first-order valence-electron chi connectivity index (χ1n) is 5.13. The quantitative estimate of drug-likeness (QED) is 0.591. The van der Waals surface area contributed by atoms with Crippen LogP contribution in [-0.4, -0.2) is 13.0 Å². The number of halogens is 1. The minimum absolute atomic E-state index is 0.223. The van der Waals surface area contributed by atoms with E-state index in [4.69, 9.17) is 4.74 Å². The van der Waals surface area contributed by atoms with Crippen molar-refractivity contribution >= 4 is 0 Å². The molecule has 0 aromatic rings. The van der Waals surface area contributed by atoms with E-state index in [1.807, 2.05) is 0 Å². The Balaban J connectivity index is 1.91. The summed E-state index contributed by atoms with van der Waals surface area (Å²) in [5, 5.41) is 0. The normalized spacial score (nSPS) is 38.8. The van der Waals surface area contributed by atoms with Crippen molar-refractivity contribution in [2.45, 2.75) is 44.9 Å². The largest absolute Gasteiger partial charge is 0.348 e. The average Bonchev–Trinajstić information content (AvgIpc) is 2.57. The lowest BCUT2D eigenvalue weighted by atomic mass is 9.86. The van der Waals surface area contributed by atoms with E-state index in [1.165, 1.54) is 25.7 Å². The van der Waals surface area contributed by atoms with Gasteiger partial charge in [0, 0.05) is 5.92 Å². The Morgan fingerprint density at radius 3 is 2.42 bits per heavy atom. The number of hydrogen-bond acceptors (Lipinski definition) is 1. The van der Waals surface area contributed by atoms with Crippen LogP contribution in [-0.2, 0) is 4.74 Å². The van der Waals surface area contributed by atoms with Gasteiger partial charge in [-0.3, -0.25) is 0 Å². The highest BCUT2D eigenvalue weighted by atomic mass is 19.1. The minimum Gasteiger partial charge on any atom is -0.348 e. The molecule has 1 saturated carbocycles. The van der Waals surface area contributed by atoms with Gasteiger partial charge in [0.15, 0.2) is 0 Å². The third-order valence-electron chi connectivity index (χ3n) is 3.30. The second-order valence-electron chi connectivity index (χ2n) is 4.07. The van der Waals surface area contributed by atoms with Gasteiger partial charge in [-0.1, -0.05) is 12.8 Å². The molecule has 2 rings (SSSR count). The molecule has 2 atom stereocenters. The molecule has 2 heteroatoms. The zero-order valence-electron chi connectivity index (χ0n) is 7.47. The van der Waals surface area contributed by atoms with E-state index >= 15 is 0 Å². The number of alkyl halides is 1. The standard InChI is InChI=1S/C10H17FO/c11-10-9(6-3-7-12-10)8-4-1-2-5-8/h8-10H,1-7H2. The van der Waals surface area contributed by atoms with Gasteiger partial charge in [-0.2, -0.15) is 0 Å². The monoisotopic (exact) mass is 172 g/mol. The van der Waals surface area contributed by atoms with Gasteiger partial charge in [-0.25, -0.2) is 4.39 Å². The highest BCUT2D eigenvalue weighted by Gasteiger charge is 2.33. The fraction of sp³-hybridized carbons (Fsp3) is 1.00. The number of hydrogen-bond donors (Lipinski definition) is 0. The van der Waals surface area contributed by atoms with E-state index in [-0.39, 0.29) is 5.92 Å². The SMILES string of the molecule is FC1OCCCC1C1CCCC1. The van der Waals surface area contributed by atoms with E-state index in [0.717, 1.165) is 12.8 Å². The second kappa shape index (κ2) is 3.73. The van der Waals surface area contributed by atoms with E-state index in [9.17, 15) is 4.39 Å². The fourth-order valence-corrected chi connectivity index (χ4v) is 2.60. The highest BCUT2D eigenvalue weighted by Crippen LogP contribution is 2.38. The summed E-state index contributed by atoms with van der Waals surface area (Å²) >= 11 is 0. The van der Waals surface area contributed by atoms with Crippen LogP contribution in [0.15, 0.2) is 0 Å². The van der Waals surface area contributed by atoms with Crippen LogP contribution in [0.3, 0.4) is 0 Å². The third-order valence-corrected chi connectivity index (χ3v) is 3.30. The Labute approximate surface area is 73.3 Å². The summed E-state index contributed by atoms with van der Waals surface area (Å²) in [6.07, 6.45) is 6.21. The van der Waals surface area contributed by atoms with Crippen LogP contribution < -0.4 is 0 Å². The van der Waals surface area contributed by atoms with E-state index in [0.29, 0.717) is 12.5 Å². The van der Waals surface area contributed by atoms with Crippen molar-refractivity contribution in [3.8, 4) is 0 Å². The molecule has 0 N–H and O–H groups in total. The molecule has 1 saturated heterocycles. The molecule has 2 unspecified atom stereocenters. The van der Waals surface area contributed by atoms with E-state index in [1.54, 1.807) is 0 Å². The first-order valence-corrected chi connectivity index (χ1v) is 5.13. The molecule has 70 valence electrons. The van der Waals surface area contributed by atoms with Crippen molar-refractivity contribution < 1.29 is 9.13 Å². The van der Waals surface area contributed by atoms with Crippen molar-refractivity contribution in [1.29, 1.82) is 0 Å². The van der Waals surface area contributed by atoms with Gasteiger partial charge in [0.2, 0.25) is 6.36 Å². The van der Waals surface area contributed by atoms with Crippen molar-refractivity contribution in [3.05, 3.63) is 0 Å². The van der Waals surface area contributed by atoms with Gasteiger partial charge in [0.05, 0.1) is 6.61 Å². The van der Waals surface area contributed by atoms with Gasteiger partial charge in [-0.05, 0) is 31.6 Å². The molecule has 0 spiro atoms. The molecule has 0 aromatic heterocycles. The first kappa shape index (κ1) is 8.49. The molecule has 1 nitrogen and oxygen atoms in total. The van der Waals surface area contributed by atoms with Crippen LogP contribution >= 0.6 is 0 Å². The highest BCUT2D eigenvalue weighted by molar-refractivity contribution is 4.79. The Hall–Kier alpha value is -0.110. The van der Waals surface area contributed by atoms with Gasteiger partial charge >= 0.3 is 0 Å². The Morgan fingerprint density at radius 2 is 1.75 bits per heavy atom. The molecular weight excluding hydrogens is 155 g/mol. The fourth-order valence-electron chi connectivity index (χ4n) is 2.60. The maximum atomic E-state index is 13.3. The van der Waals surface area contributed by atoms with Crippen LogP contribution in [0, 0.1) is 11.8 Å². The molecule has 0 radical (unpaired) electrons. The summed E-state index contributed by atoms with van der Waals surface area (Å²) in [6.45, 7) is 0.629. The van der Waals surface area contributed by atoms with Gasteiger partial charge in [0.1, 0.15) is 0 Å². The smallest absolute Gasteiger partial charge is 0.201 e. The summed E-state index contributed by atoms with van der Waals surface area (Å²) in [6, 6.07) is 0. The van der Waals surface area contributed by atoms with Gasteiger partial charge in [0.25, 0.3) is 0 Å². The summed E-state index contributed by atoms with van der Waals surface area (Å²) in [5.74, 6) is 0.849. The molecule has 0 aromatic carbocycles. The molecule has 1 heterocycles. The molecule has 0 bridgehead atoms. The van der Waals surface area contributed by atoms with Gasteiger partial charge < -0.3 is 4.74 Å². The van der Waals surface area contributed by atoms with E-state index in [2.05, 4.69) is 0 Å². The Kier molecular flexibility index (Phi) is 2.64. The maximum Gasteiger partial charge on any atom is 0.201 e. The molecule has 12 heavy (non-hydrogen) atoms. The van der Waals surface area contributed by atoms with Crippen LogP contribution in [0.4, 0.5) is 4.39 Å². The predicted octanol–water partition coefficient (Wildman–Crippen LogP) is 2.90. The molecule has 1 aliphatic carbocycles. The lowest BCUT2D eigenvalue weighted by Gasteiger charge is -2.30. The lowest BCUT2D eigenvalue weighted by Crippen LogP contribution is -2.30. The van der Waals surface area contributed by atoms with Crippen molar-refractivity contribution in [3.63, 3.8) is 0 Å². The molecule has 0 amide bonds. The van der Waals surface area contributed by atoms with Crippen LogP contribution in [0.2, 0.25) is 0 Å². The Morgan fingerprint density at radius 1 is 1.00 bits per heavy atom. The summed E-state index contributed by atoms with van der Waals surface area (Å²) < 4.78 is 18.3. The number of rotatable bonds is 1. The Bertz CT molecular complexity index is 143. The van der Waals surface area contributed by atoms with Crippen LogP contribution in [0.1, 0.15) is 38.5 Å². The summed E-state index contributed by atoms with van der Waals surface area (Å²) in [4.78, 5) is 0. The van der Waals surface area contributed by atoms with E-state index < -0.39 is 6.36 Å². The molecular formula is C10H17FO. The van der Waals surface area contributed by atoms with Gasteiger partial charge in [-0.15, -0.1) is 0 Å². The zero-order valence-corrected chi connectivity index (χ0v) is 7.47. The predicted molar refractivity (Wildman–Crippen MR) is 45.5 cm³/mol. The first-order chi connectivity index (χ1) is 5.88. The van der Waals surface area contributed by atoms with Crippen LogP contribution in [0.5, 0.6) is 0 Å². The second-order valence-corrected chi connectivity index (χ2v) is 4.07. The van der Waals surface area contributed by atoms with Crippen molar-refractivity contribution in [1.82, 2.24) is 0 Å². The lowest BCUT2D eigenvalue weighted by molar-refractivity contribution is -0.122. The zero-order chi connectivity index (χ0) is 8.39. The maximum absolute atomic E-state index is 13.3. The molecule has 1 aliphatic heterocycles. The summed E-state index contributed by atoms with van der Waals surface area (Å²) in [5.41, 5.74) is 0. The minimum atomic E-state index is -0.957. The molecule has 2 fully saturated rings.